The van der Waals surface area contributed by atoms with Crippen molar-refractivity contribution in [3.05, 3.63) is 148 Å². The van der Waals surface area contributed by atoms with Crippen molar-refractivity contribution >= 4 is 75.7 Å². The zero-order valence-corrected chi connectivity index (χ0v) is 35.9. The summed E-state index contributed by atoms with van der Waals surface area (Å²) in [5.41, 5.74) is 5.74. The number of carbonyl (C=O) groups is 4. The van der Waals surface area contributed by atoms with Crippen LogP contribution in [0.2, 0.25) is 10.0 Å². The van der Waals surface area contributed by atoms with Gasteiger partial charge in [0.1, 0.15) is 5.75 Å². The number of aromatic hydroxyl groups is 1. The standard InChI is InChI=1S/C49H42Cl2N4O8/c1-61-33-17-10-28(11-18-33)49-37(21-9-27-23-41(62-2)44(56)42(24-27)63-3)34-19-20-35-43(36(34)26-38(49)46(58)55(48(49)60)53-40-22-12-29(50)25-39(40)51)47(59)54(45(35)57)32-15-13-31(14-16-32)52-30-7-5-4-6-8-30/h4-19,21-25,35-38,43,52-53,56H,20,26H2,1-3H3/t35-,36+,37-,38-,43-,49-/m0/s1. The fourth-order valence-electron chi connectivity index (χ4n) is 9.94. The summed E-state index contributed by atoms with van der Waals surface area (Å²) in [4.78, 5) is 61.1. The fraction of sp³-hybridized carbons (Fsp3) is 0.224. The molecule has 0 bridgehead atoms. The quantitative estimate of drug-likeness (QED) is 0.0867. The molecule has 1 saturated carbocycles. The average Bonchev–Trinajstić information content (AvgIpc) is 3.68. The number of fused-ring (bicyclic) bond motifs is 4. The lowest BCUT2D eigenvalue weighted by atomic mass is 9.50. The summed E-state index contributed by atoms with van der Waals surface area (Å²) in [5, 5.41) is 15.6. The van der Waals surface area contributed by atoms with Crippen LogP contribution in [0.25, 0.3) is 6.08 Å². The zero-order chi connectivity index (χ0) is 44.2. The maximum Gasteiger partial charge on any atom is 0.260 e. The van der Waals surface area contributed by atoms with E-state index in [9.17, 15) is 14.7 Å². The Morgan fingerprint density at radius 2 is 1.44 bits per heavy atom. The number of hydrogen-bond donors (Lipinski definition) is 3. The third-order valence-electron chi connectivity index (χ3n) is 12.8. The van der Waals surface area contributed by atoms with Crippen LogP contribution in [0.15, 0.2) is 127 Å². The highest BCUT2D eigenvalue weighted by Gasteiger charge is 2.69. The predicted octanol–water partition coefficient (Wildman–Crippen LogP) is 9.20. The molecule has 5 aromatic rings. The second kappa shape index (κ2) is 16.5. The monoisotopic (exact) mass is 884 g/mol. The number of halogens is 2. The summed E-state index contributed by atoms with van der Waals surface area (Å²) in [6.45, 7) is 0. The van der Waals surface area contributed by atoms with Crippen LogP contribution in [0.3, 0.4) is 0 Å². The number of hydrogen-bond acceptors (Lipinski definition) is 10. The van der Waals surface area contributed by atoms with Gasteiger partial charge in [-0.2, -0.15) is 5.01 Å². The number of carbonyl (C=O) groups excluding carboxylic acids is 4. The number of anilines is 4. The number of benzene rings is 5. The molecule has 0 spiro atoms. The number of nitrogens with zero attached hydrogens (tertiary/aromatic N) is 2. The Kier molecular flexibility index (Phi) is 10.9. The number of amides is 4. The van der Waals surface area contributed by atoms with Crippen molar-refractivity contribution < 1.29 is 38.5 Å². The zero-order valence-electron chi connectivity index (χ0n) is 34.4. The average molecular weight is 886 g/mol. The van der Waals surface area contributed by atoms with Gasteiger partial charge in [-0.05, 0) is 109 Å². The van der Waals surface area contributed by atoms with Crippen molar-refractivity contribution in [1.82, 2.24) is 5.01 Å². The number of imide groups is 2. The van der Waals surface area contributed by atoms with Gasteiger partial charge in [0.2, 0.25) is 17.6 Å². The third kappa shape index (κ3) is 6.94. The molecule has 3 fully saturated rings. The Labute approximate surface area is 373 Å². The van der Waals surface area contributed by atoms with E-state index in [0.29, 0.717) is 27.6 Å². The number of methoxy groups -OCH3 is 3. The van der Waals surface area contributed by atoms with Crippen LogP contribution in [-0.4, -0.2) is 55.1 Å². The maximum absolute atomic E-state index is 15.5. The van der Waals surface area contributed by atoms with E-state index in [0.717, 1.165) is 22.0 Å². The van der Waals surface area contributed by atoms with Crippen molar-refractivity contribution in [1.29, 1.82) is 0 Å². The van der Waals surface area contributed by atoms with E-state index in [1.54, 1.807) is 73.8 Å². The van der Waals surface area contributed by atoms with Crippen molar-refractivity contribution in [2.24, 2.45) is 29.6 Å². The highest BCUT2D eigenvalue weighted by atomic mass is 35.5. The van der Waals surface area contributed by atoms with Gasteiger partial charge < -0.3 is 24.6 Å². The molecule has 4 aliphatic rings. The van der Waals surface area contributed by atoms with Crippen LogP contribution in [0, 0.1) is 29.6 Å². The first-order valence-corrected chi connectivity index (χ1v) is 21.1. The van der Waals surface area contributed by atoms with Gasteiger partial charge in [-0.15, -0.1) is 0 Å². The highest BCUT2D eigenvalue weighted by Crippen LogP contribution is 2.62. The highest BCUT2D eigenvalue weighted by molar-refractivity contribution is 6.36. The first kappa shape index (κ1) is 41.6. The topological polar surface area (TPSA) is 147 Å². The minimum absolute atomic E-state index is 0.0914. The summed E-state index contributed by atoms with van der Waals surface area (Å²) in [7, 11) is 4.40. The van der Waals surface area contributed by atoms with Crippen LogP contribution in [0.4, 0.5) is 22.7 Å². The number of ether oxygens (including phenoxy) is 3. The second-order valence-corrected chi connectivity index (χ2v) is 16.8. The van der Waals surface area contributed by atoms with E-state index >= 15 is 9.59 Å². The summed E-state index contributed by atoms with van der Waals surface area (Å²) < 4.78 is 16.4. The number of allylic oxidation sites excluding steroid dienone is 3. The molecule has 9 rings (SSSR count). The molecule has 0 unspecified atom stereocenters. The fourth-order valence-corrected chi connectivity index (χ4v) is 10.4. The molecule has 2 heterocycles. The van der Waals surface area contributed by atoms with E-state index in [1.165, 1.54) is 25.2 Å². The third-order valence-corrected chi connectivity index (χ3v) is 13.4. The van der Waals surface area contributed by atoms with Crippen LogP contribution >= 0.6 is 23.2 Å². The van der Waals surface area contributed by atoms with Crippen molar-refractivity contribution in [2.45, 2.75) is 18.3 Å². The molecule has 2 aliphatic heterocycles. The summed E-state index contributed by atoms with van der Waals surface area (Å²) >= 11 is 12.8. The van der Waals surface area contributed by atoms with Gasteiger partial charge in [-0.3, -0.25) is 29.5 Å². The lowest BCUT2D eigenvalue weighted by molar-refractivity contribution is -0.139. The van der Waals surface area contributed by atoms with Crippen LogP contribution in [0.1, 0.15) is 24.0 Å². The van der Waals surface area contributed by atoms with E-state index < -0.39 is 46.8 Å². The minimum Gasteiger partial charge on any atom is -0.502 e. The van der Waals surface area contributed by atoms with Gasteiger partial charge in [0.05, 0.1) is 60.9 Å². The Balaban J connectivity index is 1.17. The number of phenolic OH excluding ortho intramolecular Hbond substituents is 1. The number of phenols is 1. The molecule has 0 radical (unpaired) electrons. The Morgan fingerprint density at radius 3 is 2.10 bits per heavy atom. The molecule has 4 amide bonds. The van der Waals surface area contributed by atoms with Crippen molar-refractivity contribution in [3.8, 4) is 23.0 Å². The van der Waals surface area contributed by atoms with Gasteiger partial charge in [0.25, 0.3) is 11.8 Å². The molecule has 320 valence electrons. The molecule has 3 N–H and O–H groups in total. The first-order valence-electron chi connectivity index (χ1n) is 20.4. The maximum atomic E-state index is 15.5. The predicted molar refractivity (Wildman–Crippen MR) is 240 cm³/mol. The summed E-state index contributed by atoms with van der Waals surface area (Å²) in [6, 6.07) is 31.8. The largest absolute Gasteiger partial charge is 0.502 e. The Hall–Kier alpha value is -6.76. The molecular weight excluding hydrogens is 843 g/mol. The van der Waals surface area contributed by atoms with Crippen LogP contribution in [0.5, 0.6) is 23.0 Å². The smallest absolute Gasteiger partial charge is 0.260 e. The summed E-state index contributed by atoms with van der Waals surface area (Å²) in [6.07, 6.45) is 5.96. The number of nitrogens with one attached hydrogen (secondary N) is 2. The van der Waals surface area contributed by atoms with Crippen molar-refractivity contribution in [3.63, 3.8) is 0 Å². The van der Waals surface area contributed by atoms with Crippen LogP contribution < -0.4 is 29.9 Å². The van der Waals surface area contributed by atoms with E-state index in [-0.39, 0.29) is 52.6 Å². The van der Waals surface area contributed by atoms with E-state index in [4.69, 9.17) is 37.4 Å². The van der Waals surface area contributed by atoms with E-state index in [1.807, 2.05) is 54.6 Å². The molecule has 14 heteroatoms. The Bertz CT molecular complexity index is 2680. The molecule has 63 heavy (non-hydrogen) atoms. The lowest BCUT2D eigenvalue weighted by Crippen LogP contribution is -2.54. The van der Waals surface area contributed by atoms with Crippen molar-refractivity contribution in [2.75, 3.05) is 37.0 Å². The van der Waals surface area contributed by atoms with Gasteiger partial charge in [-0.1, -0.05) is 77.3 Å². The first-order chi connectivity index (χ1) is 30.5. The van der Waals surface area contributed by atoms with Gasteiger partial charge in [0, 0.05) is 22.3 Å². The van der Waals surface area contributed by atoms with Gasteiger partial charge in [0.15, 0.2) is 11.5 Å². The molecule has 6 atom stereocenters. The molecule has 5 aromatic carbocycles. The molecular formula is C49H42Cl2N4O8. The number of hydrazine groups is 1. The van der Waals surface area contributed by atoms with Crippen LogP contribution in [-0.2, 0) is 24.6 Å². The lowest BCUT2D eigenvalue weighted by Gasteiger charge is -2.49. The minimum atomic E-state index is -1.56. The van der Waals surface area contributed by atoms with Gasteiger partial charge in [-0.25, -0.2) is 0 Å². The number of para-hydroxylation sites is 1. The molecule has 12 nitrogen and oxygen atoms in total. The summed E-state index contributed by atoms with van der Waals surface area (Å²) in [5.74, 6) is -4.99. The van der Waals surface area contributed by atoms with E-state index in [2.05, 4.69) is 10.7 Å². The number of rotatable bonds is 11. The Morgan fingerprint density at radius 1 is 0.762 bits per heavy atom. The molecule has 2 saturated heterocycles. The second-order valence-electron chi connectivity index (χ2n) is 15.9. The normalized spacial score (nSPS) is 23.9. The molecule has 2 aliphatic carbocycles. The SMILES string of the molecule is COc1ccc([C@@]23C(=O)N(Nc4ccc(Cl)cc4Cl)C(=O)[C@@H]2C[C@@H]2C(=CC[C@@H]4C(=O)N(c5ccc(Nc6ccccc6)cc5)C(=O)[C@@H]42)[C@@H]3C=Cc2cc(OC)c(O)c(OC)c2)cc1. The van der Waals surface area contributed by atoms with Gasteiger partial charge >= 0.3 is 0 Å². The molecule has 0 aromatic heterocycles.